The van der Waals surface area contributed by atoms with Crippen LogP contribution in [0.2, 0.25) is 0 Å². The first-order chi connectivity index (χ1) is 10.1. The van der Waals surface area contributed by atoms with Gasteiger partial charge in [-0.05, 0) is 29.5 Å². The second-order valence-corrected chi connectivity index (χ2v) is 5.49. The minimum atomic E-state index is -0.836. The highest BCUT2D eigenvalue weighted by atomic mass is 16.4. The Hall–Kier alpha value is -2.42. The summed E-state index contributed by atoms with van der Waals surface area (Å²) in [4.78, 5) is 22.7. The van der Waals surface area contributed by atoms with Crippen molar-refractivity contribution in [1.29, 1.82) is 0 Å². The van der Waals surface area contributed by atoms with Crippen LogP contribution in [0.3, 0.4) is 0 Å². The van der Waals surface area contributed by atoms with Crippen LogP contribution in [0.4, 0.5) is 0 Å². The van der Waals surface area contributed by atoms with Crippen molar-refractivity contribution in [1.82, 2.24) is 0 Å². The van der Waals surface area contributed by atoms with Gasteiger partial charge < -0.3 is 5.11 Å². The van der Waals surface area contributed by atoms with Crippen molar-refractivity contribution < 1.29 is 14.7 Å². The van der Waals surface area contributed by atoms with E-state index in [0.717, 1.165) is 35.1 Å². The van der Waals surface area contributed by atoms with Crippen LogP contribution in [0.1, 0.15) is 28.8 Å². The van der Waals surface area contributed by atoms with E-state index < -0.39 is 5.97 Å². The first-order valence-electron chi connectivity index (χ1n) is 7.09. The number of hydrogen-bond acceptors (Lipinski definition) is 2. The molecule has 0 radical (unpaired) electrons. The van der Waals surface area contributed by atoms with Crippen LogP contribution in [-0.2, 0) is 11.2 Å². The molecule has 1 saturated carbocycles. The lowest BCUT2D eigenvalue weighted by molar-refractivity contribution is -0.136. The molecule has 2 aromatic rings. The Balaban J connectivity index is 1.83. The molecule has 0 saturated heterocycles. The summed E-state index contributed by atoms with van der Waals surface area (Å²) in [5.41, 5.74) is 3.51. The molecular formula is C18H16O3. The molecule has 0 aliphatic heterocycles. The zero-order valence-corrected chi connectivity index (χ0v) is 11.6. The van der Waals surface area contributed by atoms with E-state index in [1.807, 2.05) is 48.5 Å². The van der Waals surface area contributed by atoms with Crippen LogP contribution < -0.4 is 0 Å². The predicted molar refractivity (Wildman–Crippen MR) is 80.3 cm³/mol. The Morgan fingerprint density at radius 2 is 1.71 bits per heavy atom. The summed E-state index contributed by atoms with van der Waals surface area (Å²) >= 11 is 0. The maximum atomic E-state index is 12.0. The van der Waals surface area contributed by atoms with Crippen molar-refractivity contribution in [2.75, 3.05) is 0 Å². The van der Waals surface area contributed by atoms with Crippen LogP contribution >= 0.6 is 0 Å². The minimum Gasteiger partial charge on any atom is -0.481 e. The summed E-state index contributed by atoms with van der Waals surface area (Å²) in [7, 11) is 0. The molecule has 3 heteroatoms. The number of benzene rings is 2. The molecule has 3 rings (SSSR count). The third-order valence-corrected chi connectivity index (χ3v) is 3.73. The Labute approximate surface area is 123 Å². The van der Waals surface area contributed by atoms with Gasteiger partial charge in [0.05, 0.1) is 6.42 Å². The van der Waals surface area contributed by atoms with Gasteiger partial charge in [0.1, 0.15) is 0 Å². The molecule has 21 heavy (non-hydrogen) atoms. The van der Waals surface area contributed by atoms with E-state index in [9.17, 15) is 9.59 Å². The zero-order chi connectivity index (χ0) is 14.8. The van der Waals surface area contributed by atoms with Gasteiger partial charge >= 0.3 is 5.97 Å². The van der Waals surface area contributed by atoms with E-state index >= 15 is 0 Å². The van der Waals surface area contributed by atoms with Gasteiger partial charge in [0, 0.05) is 11.5 Å². The molecular weight excluding hydrogens is 264 g/mol. The standard InChI is InChI=1S/C18H16O3/c19-17(20)11-12-2-1-3-16(10-12)13-4-6-14(7-5-13)18(21)15-8-9-15/h1-7,10,15H,8-9,11H2,(H,19,20). The molecule has 1 N–H and O–H groups in total. The molecule has 0 bridgehead atoms. The van der Waals surface area contributed by atoms with E-state index in [4.69, 9.17) is 5.11 Å². The minimum absolute atomic E-state index is 0.0199. The molecule has 0 unspecified atom stereocenters. The summed E-state index contributed by atoms with van der Waals surface area (Å²) in [5.74, 6) is -0.367. The molecule has 0 amide bonds. The van der Waals surface area contributed by atoms with Crippen LogP contribution in [0.25, 0.3) is 11.1 Å². The van der Waals surface area contributed by atoms with Gasteiger partial charge in [-0.15, -0.1) is 0 Å². The van der Waals surface area contributed by atoms with E-state index in [0.29, 0.717) is 0 Å². The van der Waals surface area contributed by atoms with E-state index in [1.54, 1.807) is 0 Å². The number of aliphatic carboxylic acids is 1. The summed E-state index contributed by atoms with van der Waals surface area (Å²) < 4.78 is 0. The second kappa shape index (κ2) is 5.52. The Kier molecular flexibility index (Phi) is 3.57. The highest BCUT2D eigenvalue weighted by Gasteiger charge is 2.30. The molecule has 0 atom stereocenters. The van der Waals surface area contributed by atoms with Crippen molar-refractivity contribution in [2.24, 2.45) is 5.92 Å². The number of carbonyl (C=O) groups is 2. The molecule has 0 spiro atoms. The summed E-state index contributed by atoms with van der Waals surface area (Å²) in [6.07, 6.45) is 2.04. The smallest absolute Gasteiger partial charge is 0.307 e. The first-order valence-corrected chi connectivity index (χ1v) is 7.09. The summed E-state index contributed by atoms with van der Waals surface area (Å²) in [6.45, 7) is 0. The normalized spacial score (nSPS) is 13.9. The monoisotopic (exact) mass is 280 g/mol. The average molecular weight is 280 g/mol. The molecule has 2 aromatic carbocycles. The third kappa shape index (κ3) is 3.19. The van der Waals surface area contributed by atoms with Gasteiger partial charge in [-0.2, -0.15) is 0 Å². The van der Waals surface area contributed by atoms with E-state index in [-0.39, 0.29) is 18.1 Å². The van der Waals surface area contributed by atoms with E-state index in [2.05, 4.69) is 0 Å². The lowest BCUT2D eigenvalue weighted by atomic mass is 9.99. The van der Waals surface area contributed by atoms with Gasteiger partial charge in [-0.3, -0.25) is 9.59 Å². The molecule has 1 fully saturated rings. The SMILES string of the molecule is O=C(O)Cc1cccc(-c2ccc(C(=O)C3CC3)cc2)c1. The number of rotatable bonds is 5. The van der Waals surface area contributed by atoms with Gasteiger partial charge in [-0.1, -0.05) is 48.5 Å². The number of hydrogen-bond donors (Lipinski definition) is 1. The lowest BCUT2D eigenvalue weighted by Gasteiger charge is -2.05. The van der Waals surface area contributed by atoms with Gasteiger partial charge in [0.2, 0.25) is 0 Å². The van der Waals surface area contributed by atoms with Gasteiger partial charge in [0.15, 0.2) is 5.78 Å². The van der Waals surface area contributed by atoms with Crippen molar-refractivity contribution in [3.63, 3.8) is 0 Å². The Morgan fingerprint density at radius 1 is 1.00 bits per heavy atom. The summed E-state index contributed by atoms with van der Waals surface area (Å²) in [6, 6.07) is 15.1. The fraction of sp³-hybridized carbons (Fsp3) is 0.222. The van der Waals surface area contributed by atoms with Crippen LogP contribution in [0.15, 0.2) is 48.5 Å². The van der Waals surface area contributed by atoms with Crippen LogP contribution in [0.5, 0.6) is 0 Å². The average Bonchev–Trinajstić information content (AvgIpc) is 3.31. The predicted octanol–water partition coefficient (Wildman–Crippen LogP) is 3.57. The van der Waals surface area contributed by atoms with Gasteiger partial charge in [0.25, 0.3) is 0 Å². The maximum absolute atomic E-state index is 12.0. The largest absolute Gasteiger partial charge is 0.481 e. The topological polar surface area (TPSA) is 54.4 Å². The fourth-order valence-electron chi connectivity index (χ4n) is 2.44. The number of carboxylic acids is 1. The third-order valence-electron chi connectivity index (χ3n) is 3.73. The summed E-state index contributed by atoms with van der Waals surface area (Å²) in [5, 5.41) is 8.85. The molecule has 3 nitrogen and oxygen atoms in total. The molecule has 1 aliphatic rings. The maximum Gasteiger partial charge on any atom is 0.307 e. The quantitative estimate of drug-likeness (QED) is 0.852. The number of carboxylic acid groups (broad SMARTS) is 1. The van der Waals surface area contributed by atoms with Gasteiger partial charge in [-0.25, -0.2) is 0 Å². The first kappa shape index (κ1) is 13.6. The van der Waals surface area contributed by atoms with E-state index in [1.165, 1.54) is 0 Å². The van der Waals surface area contributed by atoms with Crippen molar-refractivity contribution in [3.8, 4) is 11.1 Å². The molecule has 0 aromatic heterocycles. The number of Topliss-reactive ketones (excluding diaryl/α,β-unsaturated/α-hetero) is 1. The van der Waals surface area contributed by atoms with Crippen molar-refractivity contribution >= 4 is 11.8 Å². The highest BCUT2D eigenvalue weighted by molar-refractivity contribution is 5.99. The number of ketones is 1. The Bertz CT molecular complexity index is 682. The second-order valence-electron chi connectivity index (χ2n) is 5.49. The molecule has 106 valence electrons. The van der Waals surface area contributed by atoms with Crippen molar-refractivity contribution in [3.05, 3.63) is 59.7 Å². The molecule has 1 aliphatic carbocycles. The van der Waals surface area contributed by atoms with Crippen LogP contribution in [0, 0.1) is 5.92 Å². The fourth-order valence-corrected chi connectivity index (χ4v) is 2.44. The highest BCUT2D eigenvalue weighted by Crippen LogP contribution is 2.33. The Morgan fingerprint density at radius 3 is 2.33 bits per heavy atom. The van der Waals surface area contributed by atoms with Crippen LogP contribution in [-0.4, -0.2) is 16.9 Å². The zero-order valence-electron chi connectivity index (χ0n) is 11.6. The lowest BCUT2D eigenvalue weighted by Crippen LogP contribution is -2.01. The number of carbonyl (C=O) groups excluding carboxylic acids is 1. The van der Waals surface area contributed by atoms with Crippen molar-refractivity contribution in [2.45, 2.75) is 19.3 Å². The molecule has 0 heterocycles.